The first-order valence-electron chi connectivity index (χ1n) is 6.11. The molecule has 0 aromatic carbocycles. The van der Waals surface area contributed by atoms with E-state index in [0.717, 1.165) is 38.6 Å². The van der Waals surface area contributed by atoms with E-state index < -0.39 is 0 Å². The predicted molar refractivity (Wildman–Crippen MR) is 65.7 cm³/mol. The number of hydrogen-bond donors (Lipinski definition) is 1. The SMILES string of the molecule is C#CCN(CCC)C(=O)CC1(N)CCCC1. The van der Waals surface area contributed by atoms with E-state index in [-0.39, 0.29) is 11.4 Å². The molecule has 1 rings (SSSR count). The topological polar surface area (TPSA) is 46.3 Å². The maximum atomic E-state index is 12.0. The second-order valence-corrected chi connectivity index (χ2v) is 4.77. The first kappa shape index (κ1) is 13.1. The van der Waals surface area contributed by atoms with Crippen molar-refractivity contribution in [2.24, 2.45) is 5.73 Å². The smallest absolute Gasteiger partial charge is 0.225 e. The third kappa shape index (κ3) is 3.53. The number of carbonyl (C=O) groups excluding carboxylic acids is 1. The fraction of sp³-hybridized carbons (Fsp3) is 0.769. The van der Waals surface area contributed by atoms with Gasteiger partial charge in [0.15, 0.2) is 0 Å². The minimum Gasteiger partial charge on any atom is -0.332 e. The van der Waals surface area contributed by atoms with Gasteiger partial charge in [0.2, 0.25) is 5.91 Å². The number of amides is 1. The Labute approximate surface area is 98.4 Å². The zero-order chi connectivity index (χ0) is 12.0. The number of nitrogens with two attached hydrogens (primary N) is 1. The van der Waals surface area contributed by atoms with Crippen LogP contribution in [0.4, 0.5) is 0 Å². The molecule has 1 aliphatic carbocycles. The summed E-state index contributed by atoms with van der Waals surface area (Å²) < 4.78 is 0. The molecular formula is C13H22N2O. The van der Waals surface area contributed by atoms with E-state index in [1.54, 1.807) is 4.90 Å². The van der Waals surface area contributed by atoms with Gasteiger partial charge < -0.3 is 10.6 Å². The Morgan fingerprint density at radius 3 is 2.62 bits per heavy atom. The summed E-state index contributed by atoms with van der Waals surface area (Å²) in [6.07, 6.45) is 10.9. The van der Waals surface area contributed by atoms with Crippen LogP contribution in [0.5, 0.6) is 0 Å². The molecular weight excluding hydrogens is 200 g/mol. The Kier molecular flexibility index (Phi) is 4.82. The molecule has 0 aromatic rings. The average molecular weight is 222 g/mol. The van der Waals surface area contributed by atoms with Gasteiger partial charge in [0, 0.05) is 18.5 Å². The van der Waals surface area contributed by atoms with Gasteiger partial charge in [-0.3, -0.25) is 4.79 Å². The van der Waals surface area contributed by atoms with Gasteiger partial charge in [-0.1, -0.05) is 25.7 Å². The van der Waals surface area contributed by atoms with E-state index in [0.29, 0.717) is 13.0 Å². The molecule has 3 nitrogen and oxygen atoms in total. The summed E-state index contributed by atoms with van der Waals surface area (Å²) in [5.74, 6) is 2.65. The summed E-state index contributed by atoms with van der Waals surface area (Å²) >= 11 is 0. The minimum absolute atomic E-state index is 0.115. The van der Waals surface area contributed by atoms with E-state index in [1.807, 2.05) is 6.92 Å². The van der Waals surface area contributed by atoms with Crippen molar-refractivity contribution in [3.63, 3.8) is 0 Å². The molecule has 0 aliphatic heterocycles. The molecule has 0 spiro atoms. The molecule has 0 radical (unpaired) electrons. The summed E-state index contributed by atoms with van der Waals surface area (Å²) in [5.41, 5.74) is 5.92. The monoisotopic (exact) mass is 222 g/mol. The number of carbonyl (C=O) groups is 1. The minimum atomic E-state index is -0.266. The molecule has 1 fully saturated rings. The van der Waals surface area contributed by atoms with Crippen molar-refractivity contribution in [3.05, 3.63) is 0 Å². The number of hydrogen-bond acceptors (Lipinski definition) is 2. The Morgan fingerprint density at radius 1 is 1.50 bits per heavy atom. The second-order valence-electron chi connectivity index (χ2n) is 4.77. The van der Waals surface area contributed by atoms with Crippen LogP contribution >= 0.6 is 0 Å². The highest BCUT2D eigenvalue weighted by atomic mass is 16.2. The zero-order valence-corrected chi connectivity index (χ0v) is 10.2. The molecule has 1 amide bonds. The van der Waals surface area contributed by atoms with Gasteiger partial charge in [-0.2, -0.15) is 0 Å². The first-order chi connectivity index (χ1) is 7.61. The van der Waals surface area contributed by atoms with Crippen LogP contribution in [0.3, 0.4) is 0 Å². The third-order valence-electron chi connectivity index (χ3n) is 3.23. The van der Waals surface area contributed by atoms with Crippen molar-refractivity contribution in [1.29, 1.82) is 0 Å². The van der Waals surface area contributed by atoms with E-state index in [9.17, 15) is 4.79 Å². The predicted octanol–water partition coefficient (Wildman–Crippen LogP) is 1.52. The van der Waals surface area contributed by atoms with Crippen LogP contribution in [-0.2, 0) is 4.79 Å². The lowest BCUT2D eigenvalue weighted by atomic mass is 9.94. The molecule has 1 aliphatic rings. The molecule has 0 atom stereocenters. The van der Waals surface area contributed by atoms with Crippen LogP contribution in [0.2, 0.25) is 0 Å². The van der Waals surface area contributed by atoms with Gasteiger partial charge in [-0.15, -0.1) is 6.42 Å². The highest BCUT2D eigenvalue weighted by Crippen LogP contribution is 2.30. The summed E-state index contributed by atoms with van der Waals surface area (Å²) in [7, 11) is 0. The van der Waals surface area contributed by atoms with E-state index in [4.69, 9.17) is 12.2 Å². The van der Waals surface area contributed by atoms with Crippen molar-refractivity contribution in [2.75, 3.05) is 13.1 Å². The van der Waals surface area contributed by atoms with Crippen LogP contribution in [0.25, 0.3) is 0 Å². The lowest BCUT2D eigenvalue weighted by Gasteiger charge is -2.27. The second kappa shape index (κ2) is 5.91. The number of nitrogens with zero attached hydrogens (tertiary/aromatic N) is 1. The molecule has 0 unspecified atom stereocenters. The molecule has 0 bridgehead atoms. The standard InChI is InChI=1S/C13H22N2O/c1-3-9-15(10-4-2)12(16)11-13(14)7-5-6-8-13/h1H,4-11,14H2,2H3. The van der Waals surface area contributed by atoms with Gasteiger partial charge in [0.1, 0.15) is 0 Å². The molecule has 2 N–H and O–H groups in total. The Morgan fingerprint density at radius 2 is 2.12 bits per heavy atom. The van der Waals surface area contributed by atoms with Crippen LogP contribution in [0.1, 0.15) is 45.4 Å². The highest BCUT2D eigenvalue weighted by molar-refractivity contribution is 5.77. The normalized spacial score (nSPS) is 18.1. The summed E-state index contributed by atoms with van der Waals surface area (Å²) in [4.78, 5) is 13.8. The van der Waals surface area contributed by atoms with E-state index in [1.165, 1.54) is 0 Å². The summed E-state index contributed by atoms with van der Waals surface area (Å²) in [6.45, 7) is 3.19. The maximum Gasteiger partial charge on any atom is 0.225 e. The third-order valence-corrected chi connectivity index (χ3v) is 3.23. The molecule has 90 valence electrons. The zero-order valence-electron chi connectivity index (χ0n) is 10.2. The average Bonchev–Trinajstić information content (AvgIpc) is 2.64. The summed E-state index contributed by atoms with van der Waals surface area (Å²) in [5, 5.41) is 0. The maximum absolute atomic E-state index is 12.0. The van der Waals surface area contributed by atoms with Crippen molar-refractivity contribution >= 4 is 5.91 Å². The highest BCUT2D eigenvalue weighted by Gasteiger charge is 2.32. The quantitative estimate of drug-likeness (QED) is 0.717. The fourth-order valence-electron chi connectivity index (χ4n) is 2.34. The molecule has 1 saturated carbocycles. The lowest BCUT2D eigenvalue weighted by molar-refractivity contribution is -0.131. The largest absolute Gasteiger partial charge is 0.332 e. The van der Waals surface area contributed by atoms with Crippen LogP contribution < -0.4 is 5.73 Å². The molecule has 0 saturated heterocycles. The number of rotatable bonds is 5. The van der Waals surface area contributed by atoms with E-state index in [2.05, 4.69) is 5.92 Å². The van der Waals surface area contributed by atoms with Crippen LogP contribution in [-0.4, -0.2) is 29.4 Å². The van der Waals surface area contributed by atoms with Crippen LogP contribution in [0.15, 0.2) is 0 Å². The van der Waals surface area contributed by atoms with Gasteiger partial charge in [0.05, 0.1) is 6.54 Å². The molecule has 3 heteroatoms. The summed E-state index contributed by atoms with van der Waals surface area (Å²) in [6, 6.07) is 0. The number of terminal acetylenes is 1. The van der Waals surface area contributed by atoms with Gasteiger partial charge in [0.25, 0.3) is 0 Å². The van der Waals surface area contributed by atoms with Crippen molar-refractivity contribution in [1.82, 2.24) is 4.90 Å². The van der Waals surface area contributed by atoms with Gasteiger partial charge >= 0.3 is 0 Å². The first-order valence-corrected chi connectivity index (χ1v) is 6.11. The Hall–Kier alpha value is -1.01. The fourth-order valence-corrected chi connectivity index (χ4v) is 2.34. The van der Waals surface area contributed by atoms with Crippen molar-refractivity contribution < 1.29 is 4.79 Å². The lowest BCUT2D eigenvalue weighted by Crippen LogP contribution is -2.44. The molecule has 16 heavy (non-hydrogen) atoms. The Balaban J connectivity index is 2.51. The van der Waals surface area contributed by atoms with Crippen molar-refractivity contribution in [2.45, 2.75) is 51.0 Å². The van der Waals surface area contributed by atoms with Gasteiger partial charge in [-0.05, 0) is 19.3 Å². The molecule has 0 heterocycles. The van der Waals surface area contributed by atoms with E-state index >= 15 is 0 Å². The van der Waals surface area contributed by atoms with Crippen molar-refractivity contribution in [3.8, 4) is 12.3 Å². The Bertz CT molecular complexity index is 274. The van der Waals surface area contributed by atoms with Crippen LogP contribution in [0, 0.1) is 12.3 Å². The van der Waals surface area contributed by atoms with Gasteiger partial charge in [-0.25, -0.2) is 0 Å². The molecule has 0 aromatic heterocycles.